The third-order valence-corrected chi connectivity index (χ3v) is 4.93. The van der Waals surface area contributed by atoms with Crippen molar-refractivity contribution in [1.82, 2.24) is 15.2 Å². The van der Waals surface area contributed by atoms with Crippen LogP contribution in [0.2, 0.25) is 0 Å². The molecule has 1 aromatic carbocycles. The summed E-state index contributed by atoms with van der Waals surface area (Å²) in [6.45, 7) is 9.27. The first-order chi connectivity index (χ1) is 11.8. The second kappa shape index (κ2) is 5.41. The summed E-state index contributed by atoms with van der Waals surface area (Å²) in [4.78, 5) is 19.2. The minimum absolute atomic E-state index is 0.00254. The van der Waals surface area contributed by atoms with E-state index in [1.54, 1.807) is 6.20 Å². The maximum absolute atomic E-state index is 13.0. The maximum Gasteiger partial charge on any atom is 0.259 e. The van der Waals surface area contributed by atoms with Gasteiger partial charge in [-0.15, -0.1) is 0 Å². The Balaban J connectivity index is 1.69. The van der Waals surface area contributed by atoms with E-state index < -0.39 is 0 Å². The van der Waals surface area contributed by atoms with E-state index in [-0.39, 0.29) is 11.3 Å². The molecular weight excluding hydrogens is 312 g/mol. The fraction of sp³-hybridized carbons (Fsp3) is 0.350. The lowest BCUT2D eigenvalue weighted by atomic mass is 9.86. The zero-order valence-electron chi connectivity index (χ0n) is 15.1. The molecule has 0 saturated heterocycles. The highest BCUT2D eigenvalue weighted by Crippen LogP contribution is 2.33. The molecule has 128 valence electrons. The van der Waals surface area contributed by atoms with Crippen molar-refractivity contribution in [1.29, 1.82) is 0 Å². The van der Waals surface area contributed by atoms with Gasteiger partial charge >= 0.3 is 0 Å². The number of aryl methyl sites for hydroxylation is 1. The number of nitrogens with one attached hydrogen (secondary N) is 1. The molecule has 5 heteroatoms. The molecule has 0 radical (unpaired) electrons. The van der Waals surface area contributed by atoms with Gasteiger partial charge in [-0.3, -0.25) is 9.89 Å². The quantitative estimate of drug-likeness (QED) is 0.737. The Morgan fingerprint density at radius 3 is 2.80 bits per heavy atom. The smallest absolute Gasteiger partial charge is 0.259 e. The second-order valence-corrected chi connectivity index (χ2v) is 7.74. The molecule has 5 nitrogen and oxygen atoms in total. The number of pyridine rings is 1. The molecule has 25 heavy (non-hydrogen) atoms. The van der Waals surface area contributed by atoms with Crippen molar-refractivity contribution in [2.75, 3.05) is 11.4 Å². The molecule has 0 fully saturated rings. The predicted molar refractivity (Wildman–Crippen MR) is 99.1 cm³/mol. The Morgan fingerprint density at radius 2 is 2.04 bits per heavy atom. The average molecular weight is 334 g/mol. The number of H-pyrrole nitrogens is 1. The molecule has 1 aliphatic rings. The van der Waals surface area contributed by atoms with Gasteiger partial charge in [-0.25, -0.2) is 4.98 Å². The van der Waals surface area contributed by atoms with Gasteiger partial charge in [-0.05, 0) is 42.0 Å². The van der Waals surface area contributed by atoms with Gasteiger partial charge in [0.05, 0.1) is 5.56 Å². The lowest BCUT2D eigenvalue weighted by Crippen LogP contribution is -2.29. The Labute approximate surface area is 147 Å². The zero-order valence-corrected chi connectivity index (χ0v) is 15.1. The number of nitrogens with zero attached hydrogens (tertiary/aromatic N) is 3. The number of benzene rings is 1. The second-order valence-electron chi connectivity index (χ2n) is 7.74. The number of fused-ring (bicyclic) bond motifs is 2. The van der Waals surface area contributed by atoms with Crippen LogP contribution in [0.1, 0.15) is 48.0 Å². The third kappa shape index (κ3) is 2.60. The van der Waals surface area contributed by atoms with Crippen molar-refractivity contribution >= 4 is 22.6 Å². The summed E-state index contributed by atoms with van der Waals surface area (Å²) in [5.41, 5.74) is 5.85. The molecule has 0 bridgehead atoms. The topological polar surface area (TPSA) is 61.9 Å². The first-order valence-electron chi connectivity index (χ1n) is 8.60. The van der Waals surface area contributed by atoms with Crippen molar-refractivity contribution in [3.8, 4) is 0 Å². The van der Waals surface area contributed by atoms with Crippen LogP contribution in [0.4, 0.5) is 5.69 Å². The molecule has 1 amide bonds. The van der Waals surface area contributed by atoms with E-state index in [1.165, 1.54) is 11.1 Å². The summed E-state index contributed by atoms with van der Waals surface area (Å²) in [5.74, 6) is -0.00254. The lowest BCUT2D eigenvalue weighted by molar-refractivity contribution is 0.0989. The van der Waals surface area contributed by atoms with Crippen molar-refractivity contribution in [3.05, 3.63) is 52.8 Å². The molecule has 2 aromatic heterocycles. The molecular formula is C20H22N4O. The van der Waals surface area contributed by atoms with Crippen molar-refractivity contribution in [3.63, 3.8) is 0 Å². The number of amides is 1. The van der Waals surface area contributed by atoms with Crippen LogP contribution in [-0.4, -0.2) is 27.6 Å². The lowest BCUT2D eigenvalue weighted by Gasteiger charge is -2.21. The maximum atomic E-state index is 13.0. The molecule has 0 spiro atoms. The number of hydrogen-bond donors (Lipinski definition) is 1. The van der Waals surface area contributed by atoms with Crippen LogP contribution < -0.4 is 4.90 Å². The molecule has 4 rings (SSSR count). The Bertz CT molecular complexity index is 981. The highest BCUT2D eigenvalue weighted by Gasteiger charge is 2.27. The van der Waals surface area contributed by atoms with Crippen molar-refractivity contribution in [2.45, 2.75) is 39.5 Å². The molecule has 0 saturated carbocycles. The van der Waals surface area contributed by atoms with Gasteiger partial charge in [0, 0.05) is 29.5 Å². The van der Waals surface area contributed by atoms with Crippen molar-refractivity contribution in [2.24, 2.45) is 0 Å². The fourth-order valence-electron chi connectivity index (χ4n) is 3.37. The van der Waals surface area contributed by atoms with Gasteiger partial charge in [-0.1, -0.05) is 32.9 Å². The van der Waals surface area contributed by atoms with E-state index in [2.05, 4.69) is 54.2 Å². The van der Waals surface area contributed by atoms with E-state index >= 15 is 0 Å². The highest BCUT2D eigenvalue weighted by atomic mass is 16.2. The number of aromatic nitrogens is 3. The Morgan fingerprint density at radius 1 is 1.24 bits per heavy atom. The van der Waals surface area contributed by atoms with E-state index in [0.29, 0.717) is 17.8 Å². The van der Waals surface area contributed by atoms with Crippen LogP contribution in [0.25, 0.3) is 11.0 Å². The number of hydrogen-bond acceptors (Lipinski definition) is 3. The molecule has 0 aliphatic carbocycles. The van der Waals surface area contributed by atoms with Crippen LogP contribution in [0, 0.1) is 6.92 Å². The zero-order chi connectivity index (χ0) is 17.8. The van der Waals surface area contributed by atoms with Crippen molar-refractivity contribution < 1.29 is 4.79 Å². The number of anilines is 1. The third-order valence-electron chi connectivity index (χ3n) is 4.93. The average Bonchev–Trinajstić information content (AvgIpc) is 3.16. The molecule has 1 aliphatic heterocycles. The van der Waals surface area contributed by atoms with E-state index in [4.69, 9.17) is 0 Å². The van der Waals surface area contributed by atoms with Gasteiger partial charge in [0.1, 0.15) is 0 Å². The number of aromatic amines is 1. The van der Waals surface area contributed by atoms with Crippen LogP contribution in [0.3, 0.4) is 0 Å². The van der Waals surface area contributed by atoms with Gasteiger partial charge < -0.3 is 4.90 Å². The minimum atomic E-state index is -0.00254. The molecule has 3 aromatic rings. The standard InChI is InChI=1S/C20H22N4O/c1-12-16-10-14(11-21-18(16)23-22-12)19(25)24-8-7-13-9-15(20(2,3)4)5-6-17(13)24/h5-6,9-11H,7-8H2,1-4H3,(H,21,22,23). The largest absolute Gasteiger partial charge is 0.308 e. The Kier molecular flexibility index (Phi) is 3.42. The number of carbonyl (C=O) groups excluding carboxylic acids is 1. The minimum Gasteiger partial charge on any atom is -0.308 e. The summed E-state index contributed by atoms with van der Waals surface area (Å²) in [6.07, 6.45) is 2.51. The first-order valence-corrected chi connectivity index (χ1v) is 8.60. The number of carbonyl (C=O) groups is 1. The van der Waals surface area contributed by atoms with E-state index in [1.807, 2.05) is 17.9 Å². The first kappa shape index (κ1) is 15.8. The van der Waals surface area contributed by atoms with E-state index in [9.17, 15) is 4.79 Å². The van der Waals surface area contributed by atoms with Gasteiger partial charge in [0.25, 0.3) is 5.91 Å². The van der Waals surface area contributed by atoms with Crippen LogP contribution in [0.15, 0.2) is 30.5 Å². The normalized spacial score (nSPS) is 14.2. The Hall–Kier alpha value is -2.69. The fourth-order valence-corrected chi connectivity index (χ4v) is 3.37. The van der Waals surface area contributed by atoms with Gasteiger partial charge in [-0.2, -0.15) is 5.10 Å². The van der Waals surface area contributed by atoms with E-state index in [0.717, 1.165) is 23.2 Å². The highest BCUT2D eigenvalue weighted by molar-refractivity contribution is 6.08. The predicted octanol–water partition coefficient (Wildman–Crippen LogP) is 3.77. The monoisotopic (exact) mass is 334 g/mol. The van der Waals surface area contributed by atoms with Crippen LogP contribution in [0.5, 0.6) is 0 Å². The van der Waals surface area contributed by atoms with Gasteiger partial charge in [0.2, 0.25) is 0 Å². The molecule has 1 N–H and O–H groups in total. The summed E-state index contributed by atoms with van der Waals surface area (Å²) < 4.78 is 0. The summed E-state index contributed by atoms with van der Waals surface area (Å²) >= 11 is 0. The summed E-state index contributed by atoms with van der Waals surface area (Å²) in [5, 5.41) is 7.93. The molecule has 0 unspecified atom stereocenters. The van der Waals surface area contributed by atoms with Crippen LogP contribution in [-0.2, 0) is 11.8 Å². The summed E-state index contributed by atoms with van der Waals surface area (Å²) in [7, 11) is 0. The molecule has 3 heterocycles. The molecule has 0 atom stereocenters. The summed E-state index contributed by atoms with van der Waals surface area (Å²) in [6, 6.07) is 8.33. The van der Waals surface area contributed by atoms with Crippen LogP contribution >= 0.6 is 0 Å². The SMILES string of the molecule is Cc1[nH]nc2ncc(C(=O)N3CCc4cc(C(C)(C)C)ccc43)cc12. The van der Waals surface area contributed by atoms with Gasteiger partial charge in [0.15, 0.2) is 5.65 Å². The number of rotatable bonds is 1.